The zero-order chi connectivity index (χ0) is 17.8. The first kappa shape index (κ1) is 20.5. The van der Waals surface area contributed by atoms with Gasteiger partial charge in [-0.2, -0.15) is 0 Å². The van der Waals surface area contributed by atoms with E-state index >= 15 is 0 Å². The van der Waals surface area contributed by atoms with E-state index in [0.29, 0.717) is 6.54 Å². The third-order valence-electron chi connectivity index (χ3n) is 4.89. The minimum absolute atomic E-state index is 0. The number of hydrogen-bond donors (Lipinski definition) is 2. The molecule has 2 atom stereocenters. The summed E-state index contributed by atoms with van der Waals surface area (Å²) in [6.45, 7) is 4.33. The van der Waals surface area contributed by atoms with Gasteiger partial charge in [-0.3, -0.25) is 9.79 Å². The van der Waals surface area contributed by atoms with Crippen LogP contribution in [0, 0.1) is 11.8 Å². The van der Waals surface area contributed by atoms with E-state index in [0.717, 1.165) is 31.0 Å². The number of nitrogens with zero attached hydrogens (tertiary/aromatic N) is 2. The van der Waals surface area contributed by atoms with Gasteiger partial charge in [0.05, 0.1) is 13.0 Å². The molecule has 1 aromatic carbocycles. The Hall–Kier alpha value is -1.77. The number of fused-ring (bicyclic) bond motifs is 1. The first-order valence-electron chi connectivity index (χ1n) is 8.72. The van der Waals surface area contributed by atoms with E-state index < -0.39 is 0 Å². The number of halogens is 1. The Morgan fingerprint density at radius 1 is 1.38 bits per heavy atom. The number of hydrogen-bond acceptors (Lipinski definition) is 3. The summed E-state index contributed by atoms with van der Waals surface area (Å²) < 4.78 is 4.90. The van der Waals surface area contributed by atoms with Crippen molar-refractivity contribution in [2.24, 2.45) is 16.8 Å². The predicted molar refractivity (Wildman–Crippen MR) is 115 cm³/mol. The number of esters is 1. The number of carbonyl (C=O) groups is 1. The quantitative estimate of drug-likeness (QED) is 0.312. The van der Waals surface area contributed by atoms with Crippen molar-refractivity contribution < 1.29 is 9.53 Å². The van der Waals surface area contributed by atoms with E-state index in [9.17, 15) is 4.79 Å². The number of aromatic amines is 1. The van der Waals surface area contributed by atoms with Gasteiger partial charge in [0.15, 0.2) is 5.96 Å². The number of aromatic nitrogens is 1. The normalized spacial score (nSPS) is 20.1. The summed E-state index contributed by atoms with van der Waals surface area (Å²) in [7, 11) is 3.23. The lowest BCUT2D eigenvalue weighted by Gasteiger charge is -2.21. The van der Waals surface area contributed by atoms with E-state index in [2.05, 4.69) is 45.3 Å². The summed E-state index contributed by atoms with van der Waals surface area (Å²) in [6, 6.07) is 10.5. The molecule has 1 aromatic heterocycles. The smallest absolute Gasteiger partial charge is 0.310 e. The number of nitrogens with one attached hydrogen (secondary N) is 2. The summed E-state index contributed by atoms with van der Waals surface area (Å²) in [5, 5.41) is 4.64. The van der Waals surface area contributed by atoms with E-state index in [-0.39, 0.29) is 41.8 Å². The second-order valence-electron chi connectivity index (χ2n) is 6.62. The lowest BCUT2D eigenvalue weighted by atomic mass is 9.99. The van der Waals surface area contributed by atoms with Crippen molar-refractivity contribution in [2.75, 3.05) is 33.8 Å². The number of H-pyrrole nitrogens is 1. The molecule has 6 nitrogen and oxygen atoms in total. The maximum atomic E-state index is 11.9. The number of benzene rings is 1. The van der Waals surface area contributed by atoms with E-state index in [4.69, 9.17) is 4.74 Å². The highest BCUT2D eigenvalue weighted by Gasteiger charge is 2.36. The molecular weight excluding hydrogens is 443 g/mol. The highest BCUT2D eigenvalue weighted by Crippen LogP contribution is 2.24. The SMILES string of the molecule is CN=C(NCCc1cc2ccccc2[nH]1)N1CC(C)C(C(=O)OC)C1.I. The van der Waals surface area contributed by atoms with Crippen molar-refractivity contribution in [3.8, 4) is 0 Å². The van der Waals surface area contributed by atoms with Crippen LogP contribution >= 0.6 is 24.0 Å². The first-order chi connectivity index (χ1) is 12.1. The molecule has 1 aliphatic rings. The van der Waals surface area contributed by atoms with Crippen molar-refractivity contribution >= 4 is 46.8 Å². The Balaban J connectivity index is 0.00000243. The second-order valence-corrected chi connectivity index (χ2v) is 6.62. The fraction of sp³-hybridized carbons (Fsp3) is 0.474. The number of para-hydroxylation sites is 1. The third kappa shape index (κ3) is 4.49. The summed E-state index contributed by atoms with van der Waals surface area (Å²) in [4.78, 5) is 21.8. The van der Waals surface area contributed by atoms with Crippen LogP contribution in [0.4, 0.5) is 0 Å². The number of guanidine groups is 1. The molecule has 2 N–H and O–H groups in total. The van der Waals surface area contributed by atoms with Gasteiger partial charge in [-0.1, -0.05) is 25.1 Å². The Bertz CT molecular complexity index is 741. The average molecular weight is 470 g/mol. The fourth-order valence-corrected chi connectivity index (χ4v) is 3.51. The summed E-state index contributed by atoms with van der Waals surface area (Å²) in [5.41, 5.74) is 2.36. The van der Waals surface area contributed by atoms with Crippen LogP contribution in [0.5, 0.6) is 0 Å². The molecule has 2 heterocycles. The van der Waals surface area contributed by atoms with Gasteiger partial charge in [0, 0.05) is 44.3 Å². The molecule has 1 saturated heterocycles. The number of likely N-dealkylation sites (tertiary alicyclic amines) is 1. The van der Waals surface area contributed by atoms with Crippen LogP contribution in [0.3, 0.4) is 0 Å². The lowest BCUT2D eigenvalue weighted by molar-refractivity contribution is -0.145. The first-order valence-corrected chi connectivity index (χ1v) is 8.72. The zero-order valence-electron chi connectivity index (χ0n) is 15.5. The molecule has 0 spiro atoms. The molecule has 0 radical (unpaired) electrons. The molecule has 142 valence electrons. The molecule has 0 saturated carbocycles. The average Bonchev–Trinajstić information content (AvgIpc) is 3.21. The largest absolute Gasteiger partial charge is 0.469 e. The van der Waals surface area contributed by atoms with Crippen molar-refractivity contribution in [3.63, 3.8) is 0 Å². The topological polar surface area (TPSA) is 69.7 Å². The van der Waals surface area contributed by atoms with Crippen molar-refractivity contribution in [3.05, 3.63) is 36.0 Å². The molecule has 7 heteroatoms. The van der Waals surface area contributed by atoms with Crippen LogP contribution in [-0.4, -0.2) is 55.6 Å². The number of rotatable bonds is 4. The number of aliphatic imine (C=N–C) groups is 1. The number of carbonyl (C=O) groups excluding carboxylic acids is 1. The Labute approximate surface area is 171 Å². The molecule has 0 bridgehead atoms. The third-order valence-corrected chi connectivity index (χ3v) is 4.89. The molecule has 0 amide bonds. The highest BCUT2D eigenvalue weighted by molar-refractivity contribution is 14.0. The Kier molecular flexibility index (Phi) is 7.31. The van der Waals surface area contributed by atoms with Gasteiger partial charge in [0.2, 0.25) is 0 Å². The van der Waals surface area contributed by atoms with Crippen LogP contribution in [0.25, 0.3) is 10.9 Å². The monoisotopic (exact) mass is 470 g/mol. The second kappa shape index (κ2) is 9.25. The molecular formula is C19H27IN4O2. The molecule has 0 aliphatic carbocycles. The van der Waals surface area contributed by atoms with E-state index in [1.165, 1.54) is 18.2 Å². The van der Waals surface area contributed by atoms with Crippen LogP contribution in [0.2, 0.25) is 0 Å². The molecule has 3 rings (SSSR count). The Morgan fingerprint density at radius 3 is 2.85 bits per heavy atom. The highest BCUT2D eigenvalue weighted by atomic mass is 127. The minimum Gasteiger partial charge on any atom is -0.469 e. The molecule has 26 heavy (non-hydrogen) atoms. The van der Waals surface area contributed by atoms with Gasteiger partial charge in [-0.25, -0.2) is 0 Å². The fourth-order valence-electron chi connectivity index (χ4n) is 3.51. The lowest BCUT2D eigenvalue weighted by Crippen LogP contribution is -2.41. The summed E-state index contributed by atoms with van der Waals surface area (Å²) in [6.07, 6.45) is 0.886. The van der Waals surface area contributed by atoms with Crippen LogP contribution in [-0.2, 0) is 16.0 Å². The van der Waals surface area contributed by atoms with Crippen LogP contribution < -0.4 is 5.32 Å². The summed E-state index contributed by atoms with van der Waals surface area (Å²) >= 11 is 0. The predicted octanol–water partition coefficient (Wildman–Crippen LogP) is 2.64. The molecule has 2 aromatic rings. The van der Waals surface area contributed by atoms with Gasteiger partial charge in [-0.15, -0.1) is 24.0 Å². The van der Waals surface area contributed by atoms with Crippen molar-refractivity contribution in [1.82, 2.24) is 15.2 Å². The number of ether oxygens (including phenoxy) is 1. The van der Waals surface area contributed by atoms with Crippen molar-refractivity contribution in [2.45, 2.75) is 13.3 Å². The standard InChI is InChI=1S/C19H26N4O2.HI/c1-13-11-23(12-16(13)18(24)25-3)19(20-2)21-9-8-15-10-14-6-4-5-7-17(14)22-15;/h4-7,10,13,16,22H,8-9,11-12H2,1-3H3,(H,20,21);1H. The van der Waals surface area contributed by atoms with Crippen LogP contribution in [0.1, 0.15) is 12.6 Å². The van der Waals surface area contributed by atoms with E-state index in [1.54, 1.807) is 7.05 Å². The molecule has 1 fully saturated rings. The van der Waals surface area contributed by atoms with Gasteiger partial charge >= 0.3 is 5.97 Å². The summed E-state index contributed by atoms with van der Waals surface area (Å²) in [5.74, 6) is 0.884. The van der Waals surface area contributed by atoms with Gasteiger partial charge in [-0.05, 0) is 23.4 Å². The van der Waals surface area contributed by atoms with Gasteiger partial charge in [0.1, 0.15) is 0 Å². The molecule has 2 unspecified atom stereocenters. The number of methoxy groups -OCH3 is 1. The minimum atomic E-state index is -0.136. The van der Waals surface area contributed by atoms with Gasteiger partial charge in [0.25, 0.3) is 0 Å². The van der Waals surface area contributed by atoms with Gasteiger partial charge < -0.3 is 19.9 Å². The van der Waals surface area contributed by atoms with Crippen molar-refractivity contribution in [1.29, 1.82) is 0 Å². The van der Waals surface area contributed by atoms with Crippen LogP contribution in [0.15, 0.2) is 35.3 Å². The maximum Gasteiger partial charge on any atom is 0.310 e. The Morgan fingerprint density at radius 2 is 2.15 bits per heavy atom. The van der Waals surface area contributed by atoms with E-state index in [1.807, 2.05) is 12.1 Å². The molecule has 1 aliphatic heterocycles. The maximum absolute atomic E-state index is 11.9. The zero-order valence-corrected chi connectivity index (χ0v) is 17.8.